The number of rotatable bonds is 8. The molecule has 4 heterocycles. The van der Waals surface area contributed by atoms with Crippen LogP contribution >= 0.6 is 0 Å². The van der Waals surface area contributed by atoms with Gasteiger partial charge in [0.2, 0.25) is 29.5 Å². The molecule has 8 atom stereocenters. The normalized spacial score (nSPS) is 25.0. The van der Waals surface area contributed by atoms with E-state index >= 15 is 4.79 Å². The summed E-state index contributed by atoms with van der Waals surface area (Å²) < 4.78 is 6.40. The molecule has 1 aromatic heterocycles. The minimum Gasteiger partial charge on any atom is -0.505 e. The van der Waals surface area contributed by atoms with Gasteiger partial charge in [-0.15, -0.1) is 0 Å². The first-order chi connectivity index (χ1) is 32.6. The number of ketones is 1. The fourth-order valence-corrected chi connectivity index (χ4v) is 9.22. The first kappa shape index (κ1) is 51.4. The van der Waals surface area contributed by atoms with Gasteiger partial charge in [0.1, 0.15) is 59.6 Å². The number of aromatic hydroxyl groups is 1. The Balaban J connectivity index is 1.41. The Morgan fingerprint density at radius 2 is 1.52 bits per heavy atom. The van der Waals surface area contributed by atoms with Gasteiger partial charge in [-0.3, -0.25) is 38.0 Å². The molecule has 0 saturated carbocycles. The molecule has 6 amide bonds. The second-order valence-corrected chi connectivity index (χ2v) is 19.0. The Kier molecular flexibility index (Phi) is 16.1. The standard InChI is InChI=1S/C51H64N8O10/c1-29(2)30(3)32(5)59(8,9)36-21-19-34(20-22-36)27-40-50(67)58-26-23-37(60)28-39(58)45(62)55-43(35-15-11-10-12-16-35)51(68)69-33(6)42(54-47(64)44-41(61)18-13-24-52-44)46(63)53-31(4)48(65)57-25-14-17-38(57)49(66)56(40)7/h10-13,15-16,18-22,24,31-33,38-40,42-43H,14,17,23,25-28H2,1-9H3,(H3-,53,54,55,61,62,63,64)/p+1/t31-,32?,33-,38+,39+,40+,42+,43+/m1/s1. The van der Waals surface area contributed by atoms with Crippen molar-refractivity contribution >= 4 is 52.9 Å². The van der Waals surface area contributed by atoms with Crippen LogP contribution in [0.3, 0.4) is 0 Å². The fourth-order valence-electron chi connectivity index (χ4n) is 9.22. The van der Waals surface area contributed by atoms with Gasteiger partial charge in [0, 0.05) is 45.6 Å². The molecule has 0 aliphatic carbocycles. The molecule has 0 bridgehead atoms. The van der Waals surface area contributed by atoms with Gasteiger partial charge in [-0.05, 0) is 95.3 Å². The van der Waals surface area contributed by atoms with Gasteiger partial charge in [0.05, 0.1) is 14.1 Å². The Bertz CT molecular complexity index is 2490. The highest BCUT2D eigenvalue weighted by Gasteiger charge is 2.45. The van der Waals surface area contributed by atoms with Crippen LogP contribution in [0.1, 0.15) is 94.9 Å². The lowest BCUT2D eigenvalue weighted by Crippen LogP contribution is -2.61. The van der Waals surface area contributed by atoms with Crippen molar-refractivity contribution in [1.82, 2.24) is 40.1 Å². The molecular weight excluding hydrogens is 885 g/mol. The Morgan fingerprint density at radius 3 is 2.17 bits per heavy atom. The van der Waals surface area contributed by atoms with Gasteiger partial charge in [0.15, 0.2) is 11.7 Å². The van der Waals surface area contributed by atoms with E-state index in [-0.39, 0.29) is 56.2 Å². The smallest absolute Gasteiger partial charge is 0.333 e. The summed E-state index contributed by atoms with van der Waals surface area (Å²) in [4.78, 5) is 122. The van der Waals surface area contributed by atoms with Crippen molar-refractivity contribution in [2.24, 2.45) is 0 Å². The quantitative estimate of drug-likeness (QED) is 0.146. The number of likely N-dealkylation sites (N-methyl/N-ethyl adjacent to an activating group) is 2. The number of pyridine rings is 1. The minimum atomic E-state index is -1.69. The second kappa shape index (κ2) is 21.6. The Labute approximate surface area is 403 Å². The van der Waals surface area contributed by atoms with E-state index in [9.17, 15) is 38.7 Å². The Morgan fingerprint density at radius 1 is 0.855 bits per heavy atom. The number of hydrogen-bond donors (Lipinski definition) is 4. The fraction of sp³-hybridized carbons (Fsp3) is 0.471. The van der Waals surface area contributed by atoms with Gasteiger partial charge in [-0.2, -0.15) is 0 Å². The molecule has 69 heavy (non-hydrogen) atoms. The van der Waals surface area contributed by atoms with Crippen LogP contribution in [0.5, 0.6) is 5.75 Å². The van der Waals surface area contributed by atoms with Gasteiger partial charge in [-0.1, -0.05) is 48.0 Å². The number of fused-ring (bicyclic) bond motifs is 2. The molecule has 3 saturated heterocycles. The van der Waals surface area contributed by atoms with E-state index in [2.05, 4.69) is 62.7 Å². The molecule has 1 unspecified atom stereocenters. The molecule has 2 aromatic carbocycles. The van der Waals surface area contributed by atoms with E-state index in [1.54, 1.807) is 30.3 Å². The lowest BCUT2D eigenvalue weighted by atomic mass is 9.95. The molecule has 4 N–H and O–H groups in total. The van der Waals surface area contributed by atoms with Crippen molar-refractivity contribution in [2.75, 3.05) is 34.2 Å². The van der Waals surface area contributed by atoms with E-state index in [1.807, 2.05) is 24.3 Å². The molecule has 3 aliphatic heterocycles. The van der Waals surface area contributed by atoms with E-state index in [0.717, 1.165) is 5.69 Å². The maximum Gasteiger partial charge on any atom is 0.333 e. The number of nitrogens with zero attached hydrogens (tertiary/aromatic N) is 5. The van der Waals surface area contributed by atoms with Crippen LogP contribution in [0.2, 0.25) is 0 Å². The summed E-state index contributed by atoms with van der Waals surface area (Å²) in [5.41, 5.74) is 4.05. The van der Waals surface area contributed by atoms with Gasteiger partial charge in [0.25, 0.3) is 5.91 Å². The molecule has 3 fully saturated rings. The van der Waals surface area contributed by atoms with E-state index in [1.165, 1.54) is 65.1 Å². The summed E-state index contributed by atoms with van der Waals surface area (Å²) in [5, 5.41) is 18.2. The van der Waals surface area contributed by atoms with Crippen LogP contribution in [0, 0.1) is 0 Å². The minimum absolute atomic E-state index is 0.0173. The van der Waals surface area contributed by atoms with Crippen LogP contribution in [0.25, 0.3) is 0 Å². The van der Waals surface area contributed by atoms with Crippen LogP contribution in [0.4, 0.5) is 5.69 Å². The van der Waals surface area contributed by atoms with Crippen LogP contribution in [0.15, 0.2) is 84.1 Å². The number of carbonyl (C=O) groups excluding carboxylic acids is 8. The lowest BCUT2D eigenvalue weighted by Gasteiger charge is -2.40. The van der Waals surface area contributed by atoms with Gasteiger partial charge >= 0.3 is 5.97 Å². The van der Waals surface area contributed by atoms with E-state index in [4.69, 9.17) is 4.74 Å². The summed E-state index contributed by atoms with van der Waals surface area (Å²) in [5.74, 6) is -6.41. The number of nitrogens with one attached hydrogen (secondary N) is 3. The zero-order chi connectivity index (χ0) is 50.5. The number of ether oxygens (including phenoxy) is 1. The highest BCUT2D eigenvalue weighted by molar-refractivity contribution is 6.01. The zero-order valence-electron chi connectivity index (χ0n) is 40.9. The molecule has 3 aliphatic rings. The van der Waals surface area contributed by atoms with Crippen molar-refractivity contribution < 1.29 is 48.2 Å². The average molecular weight is 950 g/mol. The largest absolute Gasteiger partial charge is 0.505 e. The first-order valence-electron chi connectivity index (χ1n) is 23.4. The highest BCUT2D eigenvalue weighted by atomic mass is 16.5. The number of amides is 6. The summed E-state index contributed by atoms with van der Waals surface area (Å²) in [7, 11) is 5.72. The molecule has 18 heteroatoms. The third-order valence-corrected chi connectivity index (χ3v) is 14.1. The monoisotopic (exact) mass is 949 g/mol. The van der Waals surface area contributed by atoms with Crippen molar-refractivity contribution in [3.05, 3.63) is 101 Å². The van der Waals surface area contributed by atoms with Crippen molar-refractivity contribution in [3.8, 4) is 5.75 Å². The van der Waals surface area contributed by atoms with E-state index < -0.39 is 95.2 Å². The van der Waals surface area contributed by atoms with Crippen LogP contribution in [-0.4, -0.2) is 149 Å². The predicted molar refractivity (Wildman–Crippen MR) is 256 cm³/mol. The molecule has 6 rings (SSSR count). The van der Waals surface area contributed by atoms with Gasteiger partial charge < -0.3 is 40.5 Å². The molecule has 18 nitrogen and oxygen atoms in total. The van der Waals surface area contributed by atoms with Crippen molar-refractivity contribution in [2.45, 2.75) is 122 Å². The summed E-state index contributed by atoms with van der Waals surface area (Å²) in [6.07, 6.45) is 0.0551. The average Bonchev–Trinajstić information content (AvgIpc) is 3.82. The van der Waals surface area contributed by atoms with Crippen LogP contribution < -0.4 is 20.4 Å². The summed E-state index contributed by atoms with van der Waals surface area (Å²) in [6, 6.07) is 10.5. The Hall–Kier alpha value is -6.95. The topological polar surface area (TPSA) is 225 Å². The number of quaternary nitrogens is 1. The van der Waals surface area contributed by atoms with Gasteiger partial charge in [-0.25, -0.2) is 9.78 Å². The van der Waals surface area contributed by atoms with Crippen molar-refractivity contribution in [1.29, 1.82) is 0 Å². The lowest BCUT2D eigenvalue weighted by molar-refractivity contribution is -0.156. The van der Waals surface area contributed by atoms with E-state index in [0.29, 0.717) is 16.5 Å². The highest BCUT2D eigenvalue weighted by Crippen LogP contribution is 2.30. The number of aromatic nitrogens is 1. The second-order valence-electron chi connectivity index (χ2n) is 19.0. The van der Waals surface area contributed by atoms with Crippen molar-refractivity contribution in [3.63, 3.8) is 0 Å². The number of benzene rings is 2. The number of carbonyl (C=O) groups is 8. The third-order valence-electron chi connectivity index (χ3n) is 14.1. The third kappa shape index (κ3) is 11.3. The SMILES string of the molecule is CC(C)=C(C)C(C)[N+](C)(C)c1ccc(C[C@H]2C(=O)N3CCC(=O)C[C@H]3C(=O)N[C@@H](c3ccccc3)C(=O)O[C@H](C)[C@H](NC(=O)c3ncccc3O)C(=O)N[C@H](C)C(=O)N3CCC[C@H]3C(=O)N2C)cc1. The predicted octanol–water partition coefficient (Wildman–Crippen LogP) is 3.13. The number of piperidine rings is 1. The summed E-state index contributed by atoms with van der Waals surface area (Å²) in [6.45, 7) is 11.2. The molecule has 0 spiro atoms. The van der Waals surface area contributed by atoms with Crippen LogP contribution in [-0.2, 0) is 44.7 Å². The number of hydrogen-bond acceptors (Lipinski definition) is 11. The maximum atomic E-state index is 15.2. The summed E-state index contributed by atoms with van der Waals surface area (Å²) >= 11 is 0. The molecule has 0 radical (unpaired) electrons. The zero-order valence-corrected chi connectivity index (χ0v) is 40.9. The molecule has 368 valence electrons. The number of allylic oxidation sites excluding steroid dienone is 1. The molecule has 3 aromatic rings. The molecular formula is C51H65N8O10+. The maximum absolute atomic E-state index is 15.2. The number of Topliss-reactive ketones (excluding diaryl/α,β-unsaturated/α-hetero) is 1. The first-order valence-corrected chi connectivity index (χ1v) is 23.4. The number of esters is 1. The number of cyclic esters (lactones) is 1.